The summed E-state index contributed by atoms with van der Waals surface area (Å²) in [6.07, 6.45) is 0. The van der Waals surface area contributed by atoms with Gasteiger partial charge in [-0.3, -0.25) is 0 Å². The van der Waals surface area contributed by atoms with Crippen LogP contribution < -0.4 is 0 Å². The molecule has 0 nitrogen and oxygen atoms in total. The topological polar surface area (TPSA) is 0 Å². The van der Waals surface area contributed by atoms with E-state index in [-0.39, 0.29) is 0 Å². The number of hydrogen-bond donors (Lipinski definition) is 0. The van der Waals surface area contributed by atoms with Gasteiger partial charge in [-0.25, -0.2) is 0 Å². The second kappa shape index (κ2) is 6.05. The first kappa shape index (κ1) is 12.4. The Balaban J connectivity index is 2.90. The highest BCUT2D eigenvalue weighted by atomic mass is 79.9. The lowest BCUT2D eigenvalue weighted by atomic mass is 10.7. The lowest BCUT2D eigenvalue weighted by molar-refractivity contribution is 1.47. The van der Waals surface area contributed by atoms with Gasteiger partial charge in [0, 0.05) is 0 Å². The van der Waals surface area contributed by atoms with Gasteiger partial charge in [-0.2, -0.15) is 0 Å². The molecule has 0 spiro atoms. The molecule has 0 bridgehead atoms. The Hall–Kier alpha value is 1.36. The van der Waals surface area contributed by atoms with Crippen LogP contribution in [0.2, 0.25) is 0 Å². The number of thioether (sulfide) groups is 2. The minimum Gasteiger partial charge on any atom is -0.120 e. The number of halogens is 2. The van der Waals surface area contributed by atoms with Gasteiger partial charge in [0.2, 0.25) is 0 Å². The summed E-state index contributed by atoms with van der Waals surface area (Å²) in [5.74, 6) is 2.25. The predicted octanol–water partition coefficient (Wildman–Crippen LogP) is 5.50. The fraction of sp³-hybridized carbons (Fsp3) is 0.500. The SMILES string of the molecule is CCSc1sc(SCC)c(Br)c1Br. The number of rotatable bonds is 4. The molecule has 1 aromatic rings. The van der Waals surface area contributed by atoms with Gasteiger partial charge < -0.3 is 0 Å². The third-order valence-corrected chi connectivity index (χ3v) is 7.95. The Morgan fingerprint density at radius 3 is 1.69 bits per heavy atom. The molecule has 0 fully saturated rings. The van der Waals surface area contributed by atoms with Crippen LogP contribution >= 0.6 is 66.7 Å². The normalized spacial score (nSPS) is 10.8. The molecule has 0 N–H and O–H groups in total. The molecule has 0 amide bonds. The second-order valence-electron chi connectivity index (χ2n) is 2.17. The fourth-order valence-corrected chi connectivity index (χ4v) is 6.27. The maximum Gasteiger partial charge on any atom is 0.0764 e. The van der Waals surface area contributed by atoms with Crippen LogP contribution in [0.5, 0.6) is 0 Å². The second-order valence-corrected chi connectivity index (χ2v) is 7.84. The molecule has 0 aromatic carbocycles. The molecular weight excluding hydrogens is 352 g/mol. The zero-order valence-electron chi connectivity index (χ0n) is 7.39. The summed E-state index contributed by atoms with van der Waals surface area (Å²) in [6, 6.07) is 0. The summed E-state index contributed by atoms with van der Waals surface area (Å²) in [6.45, 7) is 4.36. The lowest BCUT2D eigenvalue weighted by Gasteiger charge is -1.92. The molecule has 0 atom stereocenters. The monoisotopic (exact) mass is 360 g/mol. The van der Waals surface area contributed by atoms with Gasteiger partial charge >= 0.3 is 0 Å². The van der Waals surface area contributed by atoms with Gasteiger partial charge in [0.05, 0.1) is 17.4 Å². The van der Waals surface area contributed by atoms with Crippen molar-refractivity contribution in [3.8, 4) is 0 Å². The zero-order valence-corrected chi connectivity index (χ0v) is 13.0. The first-order valence-electron chi connectivity index (χ1n) is 3.94. The summed E-state index contributed by atoms with van der Waals surface area (Å²) in [7, 11) is 0. The van der Waals surface area contributed by atoms with Crippen molar-refractivity contribution < 1.29 is 0 Å². The third-order valence-electron chi connectivity index (χ3n) is 1.29. The molecule has 0 saturated carbocycles. The van der Waals surface area contributed by atoms with E-state index in [9.17, 15) is 0 Å². The summed E-state index contributed by atoms with van der Waals surface area (Å²) in [5, 5.41) is 0. The van der Waals surface area contributed by atoms with Crippen molar-refractivity contribution in [2.24, 2.45) is 0 Å². The summed E-state index contributed by atoms with van der Waals surface area (Å²) >= 11 is 12.9. The van der Waals surface area contributed by atoms with E-state index >= 15 is 0 Å². The van der Waals surface area contributed by atoms with Gasteiger partial charge in [0.25, 0.3) is 0 Å². The van der Waals surface area contributed by atoms with Gasteiger partial charge in [-0.05, 0) is 43.4 Å². The van der Waals surface area contributed by atoms with Crippen LogP contribution in [0.1, 0.15) is 13.8 Å². The summed E-state index contributed by atoms with van der Waals surface area (Å²) in [5.41, 5.74) is 0. The first-order valence-corrected chi connectivity index (χ1v) is 8.31. The highest BCUT2D eigenvalue weighted by Crippen LogP contribution is 2.47. The molecular formula is C8H10Br2S3. The molecule has 0 aliphatic rings. The maximum atomic E-state index is 3.60. The van der Waals surface area contributed by atoms with E-state index in [0.717, 1.165) is 11.5 Å². The molecule has 13 heavy (non-hydrogen) atoms. The summed E-state index contributed by atoms with van der Waals surface area (Å²) < 4.78 is 5.20. The standard InChI is InChI=1S/C8H10Br2S3/c1-3-11-7-5(9)6(10)8(13-7)12-4-2/h3-4H2,1-2H3. The van der Waals surface area contributed by atoms with E-state index in [1.165, 1.54) is 17.4 Å². The van der Waals surface area contributed by atoms with Crippen LogP contribution in [0.25, 0.3) is 0 Å². The van der Waals surface area contributed by atoms with Gasteiger partial charge in [0.15, 0.2) is 0 Å². The van der Waals surface area contributed by atoms with Gasteiger partial charge in [-0.1, -0.05) is 13.8 Å². The fourth-order valence-electron chi connectivity index (χ4n) is 0.801. The van der Waals surface area contributed by atoms with E-state index in [0.29, 0.717) is 0 Å². The van der Waals surface area contributed by atoms with Crippen molar-refractivity contribution in [1.82, 2.24) is 0 Å². The van der Waals surface area contributed by atoms with Crippen LogP contribution in [-0.2, 0) is 0 Å². The van der Waals surface area contributed by atoms with Gasteiger partial charge in [-0.15, -0.1) is 34.9 Å². The van der Waals surface area contributed by atoms with Crippen LogP contribution in [0, 0.1) is 0 Å². The minimum absolute atomic E-state index is 1.13. The maximum absolute atomic E-state index is 3.60. The van der Waals surface area contributed by atoms with E-state index in [1.807, 2.05) is 34.9 Å². The molecule has 5 heteroatoms. The van der Waals surface area contributed by atoms with E-state index in [4.69, 9.17) is 0 Å². The lowest BCUT2D eigenvalue weighted by Crippen LogP contribution is -1.66. The molecule has 0 aliphatic carbocycles. The van der Waals surface area contributed by atoms with Crippen molar-refractivity contribution in [1.29, 1.82) is 0 Å². The Morgan fingerprint density at radius 2 is 1.38 bits per heavy atom. The molecule has 1 aromatic heterocycles. The van der Waals surface area contributed by atoms with Crippen LogP contribution in [-0.4, -0.2) is 11.5 Å². The zero-order chi connectivity index (χ0) is 9.84. The Bertz CT molecular complexity index is 257. The van der Waals surface area contributed by atoms with E-state index in [1.54, 1.807) is 0 Å². The molecule has 1 heterocycles. The molecule has 1 rings (SSSR count). The van der Waals surface area contributed by atoms with E-state index in [2.05, 4.69) is 45.7 Å². The van der Waals surface area contributed by atoms with Crippen molar-refractivity contribution in [3.05, 3.63) is 8.95 Å². The largest absolute Gasteiger partial charge is 0.120 e. The number of hydrogen-bond acceptors (Lipinski definition) is 3. The third kappa shape index (κ3) is 3.16. The van der Waals surface area contributed by atoms with Crippen molar-refractivity contribution in [2.75, 3.05) is 11.5 Å². The smallest absolute Gasteiger partial charge is 0.0764 e. The number of thiophene rings is 1. The van der Waals surface area contributed by atoms with Crippen LogP contribution in [0.4, 0.5) is 0 Å². The first-order chi connectivity index (χ1) is 6.20. The van der Waals surface area contributed by atoms with Crippen molar-refractivity contribution >= 4 is 66.7 Å². The Kier molecular flexibility index (Phi) is 5.79. The molecule has 0 radical (unpaired) electrons. The average Bonchev–Trinajstić information content (AvgIpc) is 2.36. The minimum atomic E-state index is 1.13. The van der Waals surface area contributed by atoms with E-state index < -0.39 is 0 Å². The quantitative estimate of drug-likeness (QED) is 0.649. The molecule has 0 unspecified atom stereocenters. The molecule has 0 aliphatic heterocycles. The Morgan fingerprint density at radius 1 is 1.00 bits per heavy atom. The summed E-state index contributed by atoms with van der Waals surface area (Å²) in [4.78, 5) is 0. The highest BCUT2D eigenvalue weighted by molar-refractivity contribution is 9.13. The molecule has 74 valence electrons. The highest BCUT2D eigenvalue weighted by Gasteiger charge is 2.13. The Labute approximate surface area is 109 Å². The predicted molar refractivity (Wildman–Crippen MR) is 72.5 cm³/mol. The van der Waals surface area contributed by atoms with Gasteiger partial charge in [0.1, 0.15) is 0 Å². The van der Waals surface area contributed by atoms with Crippen LogP contribution in [0.15, 0.2) is 17.4 Å². The molecule has 0 saturated heterocycles. The average molecular weight is 362 g/mol. The van der Waals surface area contributed by atoms with Crippen molar-refractivity contribution in [3.63, 3.8) is 0 Å². The van der Waals surface area contributed by atoms with Crippen LogP contribution in [0.3, 0.4) is 0 Å². The van der Waals surface area contributed by atoms with Crippen molar-refractivity contribution in [2.45, 2.75) is 22.3 Å².